The lowest BCUT2D eigenvalue weighted by atomic mass is 10.0. The van der Waals surface area contributed by atoms with Gasteiger partial charge in [0.1, 0.15) is 11.8 Å². The van der Waals surface area contributed by atoms with Gasteiger partial charge < -0.3 is 20.1 Å². The molecule has 0 spiro atoms. The molecule has 1 unspecified atom stereocenters. The van der Waals surface area contributed by atoms with E-state index in [9.17, 15) is 9.90 Å². The number of carboxylic acid groups (broad SMARTS) is 1. The lowest BCUT2D eigenvalue weighted by Crippen LogP contribution is -2.21. The van der Waals surface area contributed by atoms with E-state index in [1.54, 1.807) is 7.11 Å². The highest BCUT2D eigenvalue weighted by molar-refractivity contribution is 5.91. The number of hydrogen-bond donors (Lipinski definition) is 2. The zero-order valence-electron chi connectivity index (χ0n) is 12.2. The van der Waals surface area contributed by atoms with Crippen molar-refractivity contribution in [2.75, 3.05) is 7.11 Å². The third kappa shape index (κ3) is 2.14. The van der Waals surface area contributed by atoms with Gasteiger partial charge in [0.2, 0.25) is 0 Å². The highest BCUT2D eigenvalue weighted by Gasteiger charge is 2.24. The highest BCUT2D eigenvalue weighted by atomic mass is 16.5. The molecule has 0 aliphatic carbocycles. The van der Waals surface area contributed by atoms with E-state index in [1.807, 2.05) is 25.1 Å². The molecule has 20 heavy (non-hydrogen) atoms. The molecule has 0 saturated heterocycles. The Balaban J connectivity index is 2.82. The lowest BCUT2D eigenvalue weighted by molar-refractivity contribution is -0.138. The average Bonchev–Trinajstić information content (AvgIpc) is 2.68. The standard InChI is InChI=1S/C15H20N2O3/c1-8(2)17-9(3)13(14(16)15(18)19)11-6-5-10(20-4)7-12(11)17/h5-8,14H,16H2,1-4H3,(H,18,19). The molecule has 2 aromatic rings. The molecule has 2 rings (SSSR count). The summed E-state index contributed by atoms with van der Waals surface area (Å²) < 4.78 is 7.35. The Kier molecular flexibility index (Phi) is 3.72. The molecule has 1 heterocycles. The molecule has 5 nitrogen and oxygen atoms in total. The molecular weight excluding hydrogens is 256 g/mol. The molecule has 0 amide bonds. The van der Waals surface area contributed by atoms with E-state index in [-0.39, 0.29) is 6.04 Å². The van der Waals surface area contributed by atoms with Gasteiger partial charge in [-0.05, 0) is 32.9 Å². The Bertz CT molecular complexity index is 659. The molecule has 108 valence electrons. The van der Waals surface area contributed by atoms with Gasteiger partial charge in [0.05, 0.1) is 12.6 Å². The first-order valence-corrected chi connectivity index (χ1v) is 6.55. The van der Waals surface area contributed by atoms with Crippen LogP contribution in [0.4, 0.5) is 0 Å². The van der Waals surface area contributed by atoms with Crippen LogP contribution in [0.1, 0.15) is 37.2 Å². The largest absolute Gasteiger partial charge is 0.497 e. The Morgan fingerprint density at radius 3 is 2.55 bits per heavy atom. The summed E-state index contributed by atoms with van der Waals surface area (Å²) >= 11 is 0. The van der Waals surface area contributed by atoms with Crippen molar-refractivity contribution in [3.05, 3.63) is 29.5 Å². The molecular formula is C15H20N2O3. The third-order valence-electron chi connectivity index (χ3n) is 3.60. The number of nitrogens with zero attached hydrogens (tertiary/aromatic N) is 1. The van der Waals surface area contributed by atoms with E-state index in [0.29, 0.717) is 5.56 Å². The van der Waals surface area contributed by atoms with Gasteiger partial charge in [0.25, 0.3) is 0 Å². The van der Waals surface area contributed by atoms with Crippen molar-refractivity contribution in [3.8, 4) is 5.75 Å². The van der Waals surface area contributed by atoms with Gasteiger partial charge in [0, 0.05) is 28.8 Å². The number of rotatable bonds is 4. The molecule has 1 aromatic carbocycles. The topological polar surface area (TPSA) is 77.5 Å². The Morgan fingerprint density at radius 2 is 2.05 bits per heavy atom. The smallest absolute Gasteiger partial charge is 0.325 e. The van der Waals surface area contributed by atoms with Crippen LogP contribution in [0.2, 0.25) is 0 Å². The van der Waals surface area contributed by atoms with E-state index in [4.69, 9.17) is 10.5 Å². The van der Waals surface area contributed by atoms with E-state index in [1.165, 1.54) is 0 Å². The van der Waals surface area contributed by atoms with E-state index in [0.717, 1.165) is 22.3 Å². The minimum atomic E-state index is -1.02. The van der Waals surface area contributed by atoms with E-state index >= 15 is 0 Å². The van der Waals surface area contributed by atoms with Gasteiger partial charge in [-0.15, -0.1) is 0 Å². The van der Waals surface area contributed by atoms with Crippen LogP contribution in [0.5, 0.6) is 5.75 Å². The lowest BCUT2D eigenvalue weighted by Gasteiger charge is -2.14. The van der Waals surface area contributed by atoms with Gasteiger partial charge in [0.15, 0.2) is 0 Å². The predicted octanol–water partition coefficient (Wildman–Crippen LogP) is 2.62. The normalized spacial score (nSPS) is 12.9. The van der Waals surface area contributed by atoms with Crippen molar-refractivity contribution in [2.45, 2.75) is 32.9 Å². The second kappa shape index (κ2) is 5.17. The maximum atomic E-state index is 11.2. The first kappa shape index (κ1) is 14.4. The van der Waals surface area contributed by atoms with Crippen LogP contribution in [-0.4, -0.2) is 22.8 Å². The Hall–Kier alpha value is -2.01. The van der Waals surface area contributed by atoms with Crippen LogP contribution in [-0.2, 0) is 4.79 Å². The molecule has 5 heteroatoms. The fourth-order valence-corrected chi connectivity index (χ4v) is 2.75. The minimum absolute atomic E-state index is 0.208. The van der Waals surface area contributed by atoms with Crippen molar-refractivity contribution in [1.29, 1.82) is 0 Å². The van der Waals surface area contributed by atoms with Crippen LogP contribution < -0.4 is 10.5 Å². The van der Waals surface area contributed by atoms with Crippen molar-refractivity contribution >= 4 is 16.9 Å². The summed E-state index contributed by atoms with van der Waals surface area (Å²) in [6.07, 6.45) is 0. The summed E-state index contributed by atoms with van der Waals surface area (Å²) in [4.78, 5) is 11.2. The van der Waals surface area contributed by atoms with Crippen molar-refractivity contribution in [2.24, 2.45) is 5.73 Å². The second-order valence-electron chi connectivity index (χ2n) is 5.16. The van der Waals surface area contributed by atoms with Crippen LogP contribution in [0.3, 0.4) is 0 Å². The average molecular weight is 276 g/mol. The Morgan fingerprint density at radius 1 is 1.40 bits per heavy atom. The number of aromatic nitrogens is 1. The molecule has 0 fully saturated rings. The highest BCUT2D eigenvalue weighted by Crippen LogP contribution is 2.34. The van der Waals surface area contributed by atoms with Crippen molar-refractivity contribution in [3.63, 3.8) is 0 Å². The van der Waals surface area contributed by atoms with Gasteiger partial charge in [-0.3, -0.25) is 4.79 Å². The zero-order chi connectivity index (χ0) is 15.0. The number of fused-ring (bicyclic) bond motifs is 1. The summed E-state index contributed by atoms with van der Waals surface area (Å²) in [5, 5.41) is 10.1. The van der Waals surface area contributed by atoms with Crippen LogP contribution in [0.15, 0.2) is 18.2 Å². The minimum Gasteiger partial charge on any atom is -0.497 e. The molecule has 0 saturated carbocycles. The number of carbonyl (C=O) groups is 1. The van der Waals surface area contributed by atoms with Crippen molar-refractivity contribution < 1.29 is 14.6 Å². The second-order valence-corrected chi connectivity index (χ2v) is 5.16. The Labute approximate surface area is 117 Å². The summed E-state index contributed by atoms with van der Waals surface area (Å²) in [5.41, 5.74) is 8.35. The summed E-state index contributed by atoms with van der Waals surface area (Å²) in [5.74, 6) is -0.279. The monoisotopic (exact) mass is 276 g/mol. The van der Waals surface area contributed by atoms with Gasteiger partial charge in [-0.25, -0.2) is 0 Å². The van der Waals surface area contributed by atoms with Gasteiger partial charge in [-0.1, -0.05) is 0 Å². The summed E-state index contributed by atoms with van der Waals surface area (Å²) in [6, 6.07) is 4.80. The molecule has 0 aliphatic rings. The molecule has 1 atom stereocenters. The number of hydrogen-bond acceptors (Lipinski definition) is 3. The molecule has 0 bridgehead atoms. The first-order valence-electron chi connectivity index (χ1n) is 6.55. The third-order valence-corrected chi connectivity index (χ3v) is 3.60. The molecule has 1 aromatic heterocycles. The molecule has 0 aliphatic heterocycles. The van der Waals surface area contributed by atoms with E-state index < -0.39 is 12.0 Å². The zero-order valence-corrected chi connectivity index (χ0v) is 12.2. The van der Waals surface area contributed by atoms with Gasteiger partial charge >= 0.3 is 5.97 Å². The number of benzene rings is 1. The maximum absolute atomic E-state index is 11.2. The van der Waals surface area contributed by atoms with Crippen LogP contribution in [0, 0.1) is 6.92 Å². The maximum Gasteiger partial charge on any atom is 0.325 e. The number of nitrogens with two attached hydrogens (primary N) is 1. The number of methoxy groups -OCH3 is 1. The van der Waals surface area contributed by atoms with Crippen LogP contribution >= 0.6 is 0 Å². The SMILES string of the molecule is COc1ccc2c(C(N)C(=O)O)c(C)n(C(C)C)c2c1. The quantitative estimate of drug-likeness (QED) is 0.900. The summed E-state index contributed by atoms with van der Waals surface area (Å²) in [7, 11) is 1.61. The molecule has 3 N–H and O–H groups in total. The molecule has 0 radical (unpaired) electrons. The number of aliphatic carboxylic acids is 1. The van der Waals surface area contributed by atoms with E-state index in [2.05, 4.69) is 18.4 Å². The predicted molar refractivity (Wildman–Crippen MR) is 78.2 cm³/mol. The van der Waals surface area contributed by atoms with Crippen LogP contribution in [0.25, 0.3) is 10.9 Å². The fraction of sp³-hybridized carbons (Fsp3) is 0.400. The fourth-order valence-electron chi connectivity index (χ4n) is 2.75. The first-order chi connectivity index (χ1) is 9.38. The van der Waals surface area contributed by atoms with Crippen molar-refractivity contribution in [1.82, 2.24) is 4.57 Å². The van der Waals surface area contributed by atoms with Gasteiger partial charge in [-0.2, -0.15) is 0 Å². The summed E-state index contributed by atoms with van der Waals surface area (Å²) in [6.45, 7) is 6.02. The number of ether oxygens (including phenoxy) is 1. The number of carboxylic acids is 1.